The Morgan fingerprint density at radius 2 is 1.83 bits per heavy atom. The normalized spacial score (nSPS) is 15.0. The summed E-state index contributed by atoms with van der Waals surface area (Å²) in [7, 11) is 0. The van der Waals surface area contributed by atoms with Crippen LogP contribution in [0.1, 0.15) is 32.8 Å². The summed E-state index contributed by atoms with van der Waals surface area (Å²) in [5.74, 6) is 0.553. The minimum atomic E-state index is -0.283. The molecule has 1 heterocycles. The van der Waals surface area contributed by atoms with Crippen LogP contribution in [0.4, 0.5) is 0 Å². The van der Waals surface area contributed by atoms with Gasteiger partial charge in [-0.2, -0.15) is 0 Å². The van der Waals surface area contributed by atoms with Crippen LogP contribution in [0, 0.1) is 0 Å². The van der Waals surface area contributed by atoms with Crippen LogP contribution < -0.4 is 4.74 Å². The number of ether oxygens (including phenoxy) is 1. The van der Waals surface area contributed by atoms with Crippen LogP contribution in [0.3, 0.4) is 0 Å². The molecule has 2 rings (SSSR count). The molecule has 1 aromatic carbocycles. The first-order chi connectivity index (χ1) is 11.5. The number of aliphatic hydroxyl groups is 1. The zero-order valence-electron chi connectivity index (χ0n) is 14.2. The van der Waals surface area contributed by atoms with Gasteiger partial charge in [0.2, 0.25) is 0 Å². The van der Waals surface area contributed by atoms with Crippen molar-refractivity contribution in [2.45, 2.75) is 33.2 Å². The van der Waals surface area contributed by atoms with E-state index in [-0.39, 0.29) is 24.5 Å². The predicted molar refractivity (Wildman–Crippen MR) is 95.7 cm³/mol. The second kappa shape index (κ2) is 8.35. The van der Waals surface area contributed by atoms with Crippen molar-refractivity contribution in [1.29, 1.82) is 0 Å². The lowest BCUT2D eigenvalue weighted by molar-refractivity contribution is -0.138. The maximum atomic E-state index is 12.7. The summed E-state index contributed by atoms with van der Waals surface area (Å²) in [6.07, 6.45) is 0.922. The van der Waals surface area contributed by atoms with Gasteiger partial charge in [-0.1, -0.05) is 19.1 Å². The van der Waals surface area contributed by atoms with Crippen molar-refractivity contribution in [3.05, 3.63) is 34.7 Å². The number of nitrogens with zero attached hydrogens (tertiary/aromatic N) is 1. The van der Waals surface area contributed by atoms with Crippen molar-refractivity contribution in [2.24, 2.45) is 0 Å². The van der Waals surface area contributed by atoms with E-state index in [1.54, 1.807) is 12.1 Å². The maximum absolute atomic E-state index is 12.7. The summed E-state index contributed by atoms with van der Waals surface area (Å²) < 4.78 is 5.56. The Hall–Kier alpha value is -1.79. The number of benzene rings is 1. The number of hydrogen-bond acceptors (Lipinski definition) is 5. The quantitative estimate of drug-likeness (QED) is 0.731. The summed E-state index contributed by atoms with van der Waals surface area (Å²) in [6.45, 7) is 6.25. The molecule has 0 unspecified atom stereocenters. The van der Waals surface area contributed by atoms with Gasteiger partial charge in [-0.3, -0.25) is 14.5 Å². The molecule has 0 atom stereocenters. The minimum absolute atomic E-state index is 0.0472. The Bertz CT molecular complexity index is 637. The van der Waals surface area contributed by atoms with Crippen LogP contribution in [-0.2, 0) is 9.59 Å². The smallest absolute Gasteiger partial charge is 0.268 e. The molecule has 0 fully saturated rings. The van der Waals surface area contributed by atoms with Gasteiger partial charge in [-0.15, -0.1) is 11.8 Å². The Balaban J connectivity index is 2.36. The molecule has 1 N–H and O–H groups in total. The van der Waals surface area contributed by atoms with E-state index in [0.717, 1.165) is 12.2 Å². The molecule has 1 aliphatic heterocycles. The molecule has 0 saturated carbocycles. The number of carbonyl (C=O) groups excluding carboxylic acids is 2. The highest BCUT2D eigenvalue weighted by Crippen LogP contribution is 2.37. The molecule has 0 saturated heterocycles. The van der Waals surface area contributed by atoms with Crippen molar-refractivity contribution in [2.75, 3.05) is 19.0 Å². The van der Waals surface area contributed by atoms with E-state index in [4.69, 9.17) is 9.84 Å². The van der Waals surface area contributed by atoms with E-state index in [9.17, 15) is 9.59 Å². The van der Waals surface area contributed by atoms with Gasteiger partial charge in [0.1, 0.15) is 5.75 Å². The number of aliphatic hydroxyl groups excluding tert-OH is 1. The molecular weight excluding hydrogens is 326 g/mol. The van der Waals surface area contributed by atoms with Gasteiger partial charge in [-0.05, 0) is 38.0 Å². The second-order valence-corrected chi connectivity index (χ2v) is 6.83. The van der Waals surface area contributed by atoms with E-state index >= 15 is 0 Å². The van der Waals surface area contributed by atoms with Crippen molar-refractivity contribution >= 4 is 29.1 Å². The number of amides is 2. The molecule has 5 nitrogen and oxygen atoms in total. The molecule has 0 radical (unpaired) electrons. The molecule has 2 amide bonds. The summed E-state index contributed by atoms with van der Waals surface area (Å²) in [5.41, 5.74) is 1.11. The van der Waals surface area contributed by atoms with Gasteiger partial charge >= 0.3 is 0 Å². The fourth-order valence-corrected chi connectivity index (χ4v) is 3.34. The number of hydrogen-bond donors (Lipinski definition) is 1. The van der Waals surface area contributed by atoms with Crippen LogP contribution in [0.25, 0.3) is 5.57 Å². The summed E-state index contributed by atoms with van der Waals surface area (Å²) >= 11 is 1.22. The van der Waals surface area contributed by atoms with E-state index < -0.39 is 0 Å². The summed E-state index contributed by atoms with van der Waals surface area (Å²) in [5, 5.41) is 9.06. The van der Waals surface area contributed by atoms with Crippen LogP contribution >= 0.6 is 11.8 Å². The average Bonchev–Trinajstić information content (AvgIpc) is 2.81. The first-order valence-electron chi connectivity index (χ1n) is 8.10. The van der Waals surface area contributed by atoms with Crippen molar-refractivity contribution in [3.8, 4) is 5.75 Å². The third-order valence-electron chi connectivity index (χ3n) is 3.54. The number of rotatable bonds is 8. The molecule has 1 aliphatic rings. The lowest BCUT2D eigenvalue weighted by atomic mass is 10.1. The molecule has 130 valence electrons. The van der Waals surface area contributed by atoms with Gasteiger partial charge < -0.3 is 9.84 Å². The van der Waals surface area contributed by atoms with E-state index in [0.29, 0.717) is 28.4 Å². The van der Waals surface area contributed by atoms with Crippen molar-refractivity contribution in [1.82, 2.24) is 4.90 Å². The molecule has 6 heteroatoms. The zero-order chi connectivity index (χ0) is 17.7. The van der Waals surface area contributed by atoms with E-state index in [1.165, 1.54) is 16.7 Å². The SMILES string of the molecule is CCCOc1ccc(C2=C(SCCO)C(=O)N(C(C)C)C2=O)cc1. The largest absolute Gasteiger partial charge is 0.494 e. The predicted octanol–water partition coefficient (Wildman–Crippen LogP) is 2.69. The van der Waals surface area contributed by atoms with Gasteiger partial charge in [0.25, 0.3) is 11.8 Å². The molecular formula is C18H23NO4S. The zero-order valence-corrected chi connectivity index (χ0v) is 15.1. The fraction of sp³-hybridized carbons (Fsp3) is 0.444. The van der Waals surface area contributed by atoms with Gasteiger partial charge in [0.15, 0.2) is 0 Å². The molecule has 0 aromatic heterocycles. The van der Waals surface area contributed by atoms with E-state index in [2.05, 4.69) is 0 Å². The lowest BCUT2D eigenvalue weighted by Gasteiger charge is -2.19. The lowest BCUT2D eigenvalue weighted by Crippen LogP contribution is -2.37. The Morgan fingerprint density at radius 1 is 1.17 bits per heavy atom. The molecule has 24 heavy (non-hydrogen) atoms. The highest BCUT2D eigenvalue weighted by atomic mass is 32.2. The molecule has 0 spiro atoms. The van der Waals surface area contributed by atoms with Crippen molar-refractivity contribution in [3.63, 3.8) is 0 Å². The van der Waals surface area contributed by atoms with E-state index in [1.807, 2.05) is 32.9 Å². The Labute approximate surface area is 146 Å². The molecule has 0 bridgehead atoms. The third-order valence-corrected chi connectivity index (χ3v) is 4.60. The standard InChI is InChI=1S/C18H23NO4S/c1-4-10-23-14-7-5-13(6-8-14)15-16(24-11-9-20)18(22)19(12(2)3)17(15)21/h5-8,12,20H,4,9-11H2,1-3H3. The summed E-state index contributed by atoms with van der Waals surface area (Å²) in [4.78, 5) is 27.0. The minimum Gasteiger partial charge on any atom is -0.494 e. The van der Waals surface area contributed by atoms with Gasteiger partial charge in [0, 0.05) is 11.8 Å². The first kappa shape index (κ1) is 18.5. The Kier molecular flexibility index (Phi) is 6.45. The maximum Gasteiger partial charge on any atom is 0.268 e. The number of carbonyl (C=O) groups is 2. The first-order valence-corrected chi connectivity index (χ1v) is 9.08. The fourth-order valence-electron chi connectivity index (χ4n) is 2.47. The topological polar surface area (TPSA) is 66.8 Å². The highest BCUT2D eigenvalue weighted by molar-refractivity contribution is 8.04. The van der Waals surface area contributed by atoms with Crippen LogP contribution in [0.2, 0.25) is 0 Å². The van der Waals surface area contributed by atoms with Crippen LogP contribution in [0.5, 0.6) is 5.75 Å². The van der Waals surface area contributed by atoms with Crippen LogP contribution in [0.15, 0.2) is 29.2 Å². The highest BCUT2D eigenvalue weighted by Gasteiger charge is 2.40. The molecule has 1 aromatic rings. The number of thioether (sulfide) groups is 1. The second-order valence-electron chi connectivity index (χ2n) is 5.72. The molecule has 0 aliphatic carbocycles. The summed E-state index contributed by atoms with van der Waals surface area (Å²) in [6, 6.07) is 7.01. The number of imide groups is 1. The average molecular weight is 349 g/mol. The monoisotopic (exact) mass is 349 g/mol. The van der Waals surface area contributed by atoms with Gasteiger partial charge in [0.05, 0.1) is 23.7 Å². The van der Waals surface area contributed by atoms with Crippen molar-refractivity contribution < 1.29 is 19.4 Å². The van der Waals surface area contributed by atoms with Crippen LogP contribution in [-0.4, -0.2) is 46.8 Å². The Morgan fingerprint density at radius 3 is 2.38 bits per heavy atom. The van der Waals surface area contributed by atoms with Gasteiger partial charge in [-0.25, -0.2) is 0 Å². The third kappa shape index (κ3) is 3.82.